The number of hydrogen-bond acceptors (Lipinski definition) is 0. The van der Waals surface area contributed by atoms with Crippen molar-refractivity contribution in [2.75, 3.05) is 0 Å². The molecule has 0 N–H and O–H groups in total. The van der Waals surface area contributed by atoms with Crippen LogP contribution in [0.1, 0.15) is 0 Å². The van der Waals surface area contributed by atoms with Gasteiger partial charge in [0.25, 0.3) is 0 Å². The van der Waals surface area contributed by atoms with E-state index in [0.29, 0.717) is 0 Å². The van der Waals surface area contributed by atoms with Crippen molar-refractivity contribution in [1.82, 2.24) is 4.57 Å². The summed E-state index contributed by atoms with van der Waals surface area (Å²) >= 11 is 2.34. The summed E-state index contributed by atoms with van der Waals surface area (Å²) in [4.78, 5) is 0. The summed E-state index contributed by atoms with van der Waals surface area (Å²) < 4.78 is 3.61. The van der Waals surface area contributed by atoms with E-state index in [-0.39, 0.29) is 0 Å². The number of para-hydroxylation sites is 2. The van der Waals surface area contributed by atoms with Gasteiger partial charge in [0.05, 0.1) is 11.0 Å². The van der Waals surface area contributed by atoms with E-state index in [1.54, 1.807) is 0 Å². The van der Waals surface area contributed by atoms with Gasteiger partial charge in [0.1, 0.15) is 0 Å². The lowest BCUT2D eigenvalue weighted by Crippen LogP contribution is -1.93. The summed E-state index contributed by atoms with van der Waals surface area (Å²) in [5, 5.41) is 2.59. The summed E-state index contributed by atoms with van der Waals surface area (Å²) in [5.74, 6) is 0. The third-order valence-electron chi connectivity index (χ3n) is 4.88. The molecule has 0 aliphatic rings. The lowest BCUT2D eigenvalue weighted by molar-refractivity contribution is 1.18. The quantitative estimate of drug-likeness (QED) is 0.257. The van der Waals surface area contributed by atoms with Gasteiger partial charge in [0, 0.05) is 20.0 Å². The van der Waals surface area contributed by atoms with E-state index in [1.807, 2.05) is 0 Å². The Morgan fingerprint density at radius 2 is 0.962 bits per heavy atom. The molecule has 0 saturated heterocycles. The van der Waals surface area contributed by atoms with Crippen LogP contribution < -0.4 is 0 Å². The number of nitrogens with zero attached hydrogens (tertiary/aromatic N) is 1. The van der Waals surface area contributed by atoms with Crippen molar-refractivity contribution in [3.8, 4) is 16.8 Å². The Labute approximate surface area is 166 Å². The zero-order valence-electron chi connectivity index (χ0n) is 14.1. The number of halogens is 1. The number of fused-ring (bicyclic) bond motifs is 3. The molecule has 0 unspecified atom stereocenters. The molecule has 124 valence electrons. The topological polar surface area (TPSA) is 4.93 Å². The van der Waals surface area contributed by atoms with Crippen LogP contribution in [-0.4, -0.2) is 4.57 Å². The van der Waals surface area contributed by atoms with Crippen molar-refractivity contribution in [3.05, 3.63) is 101 Å². The zero-order chi connectivity index (χ0) is 17.5. The van der Waals surface area contributed by atoms with Crippen molar-refractivity contribution >= 4 is 44.4 Å². The maximum atomic E-state index is 2.35. The number of hydrogen-bond donors (Lipinski definition) is 0. The zero-order valence-corrected chi connectivity index (χ0v) is 16.2. The van der Waals surface area contributed by atoms with E-state index in [2.05, 4.69) is 124 Å². The molecular formula is C24H16IN. The Morgan fingerprint density at radius 3 is 1.50 bits per heavy atom. The number of rotatable bonds is 2. The van der Waals surface area contributed by atoms with Crippen LogP contribution in [0.25, 0.3) is 38.6 Å². The van der Waals surface area contributed by atoms with Gasteiger partial charge in [-0.1, -0.05) is 60.7 Å². The van der Waals surface area contributed by atoms with Gasteiger partial charge in [-0.2, -0.15) is 0 Å². The first-order valence-electron chi connectivity index (χ1n) is 8.66. The highest BCUT2D eigenvalue weighted by molar-refractivity contribution is 14.1. The molecule has 4 aromatic carbocycles. The monoisotopic (exact) mass is 445 g/mol. The minimum atomic E-state index is 1.19. The molecule has 0 atom stereocenters. The van der Waals surface area contributed by atoms with Crippen LogP contribution in [0.2, 0.25) is 0 Å². The second-order valence-corrected chi connectivity index (χ2v) is 7.67. The van der Waals surface area contributed by atoms with Crippen molar-refractivity contribution in [3.63, 3.8) is 0 Å². The average molecular weight is 445 g/mol. The highest BCUT2D eigenvalue weighted by Crippen LogP contribution is 2.32. The van der Waals surface area contributed by atoms with Gasteiger partial charge in [0.15, 0.2) is 0 Å². The fourth-order valence-corrected chi connectivity index (χ4v) is 4.01. The molecule has 5 aromatic rings. The van der Waals surface area contributed by atoms with E-state index >= 15 is 0 Å². The molecule has 0 amide bonds. The van der Waals surface area contributed by atoms with Gasteiger partial charge in [-0.05, 0) is 70.1 Å². The molecule has 1 nitrogen and oxygen atoms in total. The van der Waals surface area contributed by atoms with Crippen molar-refractivity contribution in [2.45, 2.75) is 0 Å². The van der Waals surface area contributed by atoms with Crippen molar-refractivity contribution < 1.29 is 0 Å². The summed E-state index contributed by atoms with van der Waals surface area (Å²) in [6.45, 7) is 0. The lowest BCUT2D eigenvalue weighted by Gasteiger charge is -2.09. The average Bonchev–Trinajstić information content (AvgIpc) is 3.03. The first-order chi connectivity index (χ1) is 12.8. The Bertz CT molecular complexity index is 1160. The Balaban J connectivity index is 1.69. The second kappa shape index (κ2) is 6.29. The minimum absolute atomic E-state index is 1.19. The predicted molar refractivity (Wildman–Crippen MR) is 119 cm³/mol. The fraction of sp³-hybridized carbons (Fsp3) is 0. The molecule has 0 radical (unpaired) electrons. The van der Waals surface area contributed by atoms with Gasteiger partial charge in [-0.25, -0.2) is 0 Å². The third kappa shape index (κ3) is 2.53. The van der Waals surface area contributed by atoms with Gasteiger partial charge in [-0.3, -0.25) is 0 Å². The van der Waals surface area contributed by atoms with Crippen LogP contribution in [-0.2, 0) is 0 Å². The predicted octanol–water partition coefficient (Wildman–Crippen LogP) is 7.06. The largest absolute Gasteiger partial charge is 0.309 e. The van der Waals surface area contributed by atoms with E-state index < -0.39 is 0 Å². The van der Waals surface area contributed by atoms with Crippen LogP contribution >= 0.6 is 22.6 Å². The molecule has 5 rings (SSSR count). The maximum absolute atomic E-state index is 2.35. The van der Waals surface area contributed by atoms with Gasteiger partial charge >= 0.3 is 0 Å². The van der Waals surface area contributed by atoms with Crippen LogP contribution in [0.5, 0.6) is 0 Å². The lowest BCUT2D eigenvalue weighted by atomic mass is 10.1. The first kappa shape index (κ1) is 15.6. The molecule has 1 aromatic heterocycles. The summed E-state index contributed by atoms with van der Waals surface area (Å²) in [5.41, 5.74) is 6.17. The number of aromatic nitrogens is 1. The molecular weight excluding hydrogens is 429 g/mol. The van der Waals surface area contributed by atoms with Gasteiger partial charge < -0.3 is 4.57 Å². The molecule has 0 aliphatic carbocycles. The van der Waals surface area contributed by atoms with Gasteiger partial charge in [-0.15, -0.1) is 0 Å². The molecule has 0 fully saturated rings. The molecule has 0 spiro atoms. The molecule has 26 heavy (non-hydrogen) atoms. The summed E-state index contributed by atoms with van der Waals surface area (Å²) in [6.07, 6.45) is 0. The van der Waals surface area contributed by atoms with Crippen LogP contribution in [0.3, 0.4) is 0 Å². The Hall–Kier alpha value is -2.59. The molecule has 0 bridgehead atoms. The first-order valence-corrected chi connectivity index (χ1v) is 9.74. The second-order valence-electron chi connectivity index (χ2n) is 6.42. The SMILES string of the molecule is Ic1ccc(-c2ccc(-n3c4ccccc4c4ccccc43)cc2)cc1. The Morgan fingerprint density at radius 1 is 0.500 bits per heavy atom. The molecule has 1 heterocycles. The van der Waals surface area contributed by atoms with E-state index in [4.69, 9.17) is 0 Å². The molecule has 0 aliphatic heterocycles. The number of benzene rings is 4. The maximum Gasteiger partial charge on any atom is 0.0541 e. The fourth-order valence-electron chi connectivity index (χ4n) is 3.65. The highest BCUT2D eigenvalue weighted by Gasteiger charge is 2.11. The standard InChI is InChI=1S/C24H16IN/c25-19-13-9-17(10-14-19)18-11-15-20(16-12-18)26-23-7-3-1-5-21(23)22-6-2-4-8-24(22)26/h1-16H. The summed E-state index contributed by atoms with van der Waals surface area (Å²) in [7, 11) is 0. The van der Waals surface area contributed by atoms with Gasteiger partial charge in [0.2, 0.25) is 0 Å². The van der Waals surface area contributed by atoms with E-state index in [9.17, 15) is 0 Å². The molecule has 0 saturated carbocycles. The van der Waals surface area contributed by atoms with Crippen LogP contribution in [0, 0.1) is 3.57 Å². The smallest absolute Gasteiger partial charge is 0.0541 e. The highest BCUT2D eigenvalue weighted by atomic mass is 127. The normalized spacial score (nSPS) is 11.3. The van der Waals surface area contributed by atoms with E-state index in [1.165, 1.54) is 42.2 Å². The third-order valence-corrected chi connectivity index (χ3v) is 5.60. The summed E-state index contributed by atoms with van der Waals surface area (Å²) in [6, 6.07) is 34.7. The van der Waals surface area contributed by atoms with Crippen LogP contribution in [0.15, 0.2) is 97.1 Å². The van der Waals surface area contributed by atoms with Crippen molar-refractivity contribution in [2.24, 2.45) is 0 Å². The molecule has 2 heteroatoms. The Kier molecular flexibility index (Phi) is 3.79. The van der Waals surface area contributed by atoms with E-state index in [0.717, 1.165) is 0 Å². The van der Waals surface area contributed by atoms with Crippen molar-refractivity contribution in [1.29, 1.82) is 0 Å². The minimum Gasteiger partial charge on any atom is -0.309 e. The van der Waals surface area contributed by atoms with Crippen LogP contribution in [0.4, 0.5) is 0 Å².